The Balaban J connectivity index is 2.07. The van der Waals surface area contributed by atoms with Crippen LogP contribution in [0, 0.1) is 18.3 Å². The maximum Gasteiger partial charge on any atom is 0.120 e. The second-order valence-corrected chi connectivity index (χ2v) is 10.1. The van der Waals surface area contributed by atoms with Crippen molar-refractivity contribution in [1.82, 2.24) is 13.9 Å². The Morgan fingerprint density at radius 3 is 1.96 bits per heavy atom. The number of nitriles is 1. The third kappa shape index (κ3) is 3.00. The molecule has 0 saturated carbocycles. The molecule has 0 amide bonds. The lowest BCUT2D eigenvalue weighted by Crippen LogP contribution is -2.46. The van der Waals surface area contributed by atoms with Gasteiger partial charge in [0.2, 0.25) is 0 Å². The molecule has 3 rings (SSSR count). The zero-order valence-corrected chi connectivity index (χ0v) is 15.4. The molecule has 23 heavy (non-hydrogen) atoms. The van der Waals surface area contributed by atoms with Gasteiger partial charge in [-0.3, -0.25) is 9.34 Å². The van der Waals surface area contributed by atoms with Crippen LogP contribution in [0.1, 0.15) is 11.4 Å². The van der Waals surface area contributed by atoms with Crippen LogP contribution in [-0.4, -0.2) is 66.5 Å². The van der Waals surface area contributed by atoms with Crippen LogP contribution in [0.4, 0.5) is 0 Å². The average Bonchev–Trinajstić information content (AvgIpc) is 2.91. The molecule has 2 aliphatic rings. The standard InChI is InChI=1S/C15H23N4O2PS/c1-13-15(11-14(12-16)17(13)2)22(23,18-3-7-20-8-4-18)19-5-9-21-10-6-19/h11H,3-10H2,1-2H3. The van der Waals surface area contributed by atoms with E-state index in [0.717, 1.165) is 63.6 Å². The summed E-state index contributed by atoms with van der Waals surface area (Å²) in [5.41, 5.74) is 1.77. The Kier molecular flexibility index (Phi) is 5.22. The molecule has 0 radical (unpaired) electrons. The van der Waals surface area contributed by atoms with Crippen LogP contribution in [0.15, 0.2) is 6.07 Å². The number of rotatable bonds is 3. The smallest absolute Gasteiger partial charge is 0.120 e. The van der Waals surface area contributed by atoms with E-state index in [2.05, 4.69) is 22.3 Å². The molecule has 0 bridgehead atoms. The van der Waals surface area contributed by atoms with E-state index in [-0.39, 0.29) is 0 Å². The number of hydrogen-bond acceptors (Lipinski definition) is 4. The molecule has 8 heteroatoms. The first kappa shape index (κ1) is 17.1. The number of hydrogen-bond donors (Lipinski definition) is 0. The predicted molar refractivity (Wildman–Crippen MR) is 93.6 cm³/mol. The van der Waals surface area contributed by atoms with E-state index in [0.29, 0.717) is 5.69 Å². The summed E-state index contributed by atoms with van der Waals surface area (Å²) in [5.74, 6) is 0. The molecule has 2 aliphatic heterocycles. The van der Waals surface area contributed by atoms with Crippen LogP contribution >= 0.6 is 6.34 Å². The number of morpholine rings is 2. The third-order valence-electron chi connectivity index (χ3n) is 4.68. The predicted octanol–water partition coefficient (Wildman–Crippen LogP) is 0.804. The van der Waals surface area contributed by atoms with Gasteiger partial charge in [-0.2, -0.15) is 5.26 Å². The van der Waals surface area contributed by atoms with Gasteiger partial charge in [0.1, 0.15) is 18.1 Å². The van der Waals surface area contributed by atoms with Gasteiger partial charge in [0.15, 0.2) is 0 Å². The fraction of sp³-hybridized carbons (Fsp3) is 0.667. The zero-order chi connectivity index (χ0) is 16.4. The number of aromatic nitrogens is 1. The van der Waals surface area contributed by atoms with E-state index in [1.807, 2.05) is 17.7 Å². The Hall–Kier alpha value is -0.740. The van der Waals surface area contributed by atoms with Crippen LogP contribution in [0.25, 0.3) is 0 Å². The molecule has 2 saturated heterocycles. The Labute approximate surface area is 142 Å². The van der Waals surface area contributed by atoms with Crippen LogP contribution in [0.5, 0.6) is 0 Å². The summed E-state index contributed by atoms with van der Waals surface area (Å²) in [6.45, 7) is 8.36. The molecule has 126 valence electrons. The maximum absolute atomic E-state index is 9.38. The summed E-state index contributed by atoms with van der Waals surface area (Å²) >= 11 is 6.35. The first-order valence-corrected chi connectivity index (χ1v) is 10.6. The molecular formula is C15H23N4O2PS. The van der Waals surface area contributed by atoms with Crippen LogP contribution in [0.3, 0.4) is 0 Å². The van der Waals surface area contributed by atoms with Crippen molar-refractivity contribution >= 4 is 23.5 Å². The van der Waals surface area contributed by atoms with E-state index >= 15 is 0 Å². The normalized spacial score (nSPS) is 21.3. The Bertz CT molecular complexity index is 635. The third-order valence-corrected chi connectivity index (χ3v) is 10.1. The monoisotopic (exact) mass is 354 g/mol. The quantitative estimate of drug-likeness (QED) is 0.749. The van der Waals surface area contributed by atoms with Crippen molar-refractivity contribution in [3.8, 4) is 6.07 Å². The lowest BCUT2D eigenvalue weighted by Gasteiger charge is -2.45. The van der Waals surface area contributed by atoms with E-state index in [1.165, 1.54) is 0 Å². The maximum atomic E-state index is 9.38. The molecule has 0 N–H and O–H groups in total. The van der Waals surface area contributed by atoms with Crippen molar-refractivity contribution in [2.24, 2.45) is 7.05 Å². The lowest BCUT2D eigenvalue weighted by atomic mass is 10.4. The van der Waals surface area contributed by atoms with Gasteiger partial charge in [-0.05, 0) is 13.0 Å². The summed E-state index contributed by atoms with van der Waals surface area (Å²) in [4.78, 5) is 0. The zero-order valence-electron chi connectivity index (χ0n) is 13.7. The molecule has 2 fully saturated rings. The molecule has 1 aromatic heterocycles. The van der Waals surface area contributed by atoms with Crippen molar-refractivity contribution in [3.63, 3.8) is 0 Å². The first-order chi connectivity index (χ1) is 11.1. The average molecular weight is 354 g/mol. The van der Waals surface area contributed by atoms with Crippen molar-refractivity contribution < 1.29 is 9.47 Å². The molecule has 0 atom stereocenters. The summed E-state index contributed by atoms with van der Waals surface area (Å²) in [7, 11) is 1.94. The number of ether oxygens (including phenoxy) is 2. The van der Waals surface area contributed by atoms with Gasteiger partial charge >= 0.3 is 0 Å². The molecular weight excluding hydrogens is 331 g/mol. The van der Waals surface area contributed by atoms with Crippen molar-refractivity contribution in [2.45, 2.75) is 6.92 Å². The topological polar surface area (TPSA) is 53.7 Å². The highest BCUT2D eigenvalue weighted by molar-refractivity contribution is 8.15. The van der Waals surface area contributed by atoms with E-state index < -0.39 is 6.34 Å². The van der Waals surface area contributed by atoms with Crippen LogP contribution in [0.2, 0.25) is 0 Å². The fourth-order valence-electron chi connectivity index (χ4n) is 3.22. The van der Waals surface area contributed by atoms with Crippen LogP contribution in [-0.2, 0) is 28.3 Å². The second kappa shape index (κ2) is 7.02. The molecule has 0 aliphatic carbocycles. The summed E-state index contributed by atoms with van der Waals surface area (Å²) in [6.07, 6.45) is -2.11. The second-order valence-electron chi connectivity index (χ2n) is 5.85. The highest BCUT2D eigenvalue weighted by Gasteiger charge is 2.38. The van der Waals surface area contributed by atoms with Gasteiger partial charge < -0.3 is 14.0 Å². The summed E-state index contributed by atoms with van der Waals surface area (Å²) in [5, 5.41) is 10.5. The minimum atomic E-state index is -2.11. The molecule has 1 aromatic rings. The summed E-state index contributed by atoms with van der Waals surface area (Å²) in [6, 6.07) is 4.28. The van der Waals surface area contributed by atoms with Gasteiger partial charge in [0.25, 0.3) is 0 Å². The SMILES string of the molecule is Cc1c(P(=S)(N2CCOCC2)N2CCOCC2)cc(C#N)n1C. The fourth-order valence-corrected chi connectivity index (χ4v) is 7.99. The highest BCUT2D eigenvalue weighted by atomic mass is 32.4. The minimum absolute atomic E-state index is 0.674. The van der Waals surface area contributed by atoms with Gasteiger partial charge in [-0.25, -0.2) is 0 Å². The molecule has 0 spiro atoms. The van der Waals surface area contributed by atoms with Crippen molar-refractivity contribution in [2.75, 3.05) is 52.6 Å². The van der Waals surface area contributed by atoms with Crippen LogP contribution < -0.4 is 5.30 Å². The molecule has 0 aromatic carbocycles. The van der Waals surface area contributed by atoms with Gasteiger partial charge in [-0.1, -0.05) is 11.8 Å². The highest BCUT2D eigenvalue weighted by Crippen LogP contribution is 2.54. The van der Waals surface area contributed by atoms with Crippen molar-refractivity contribution in [1.29, 1.82) is 5.26 Å². The minimum Gasteiger partial charge on any atom is -0.379 e. The largest absolute Gasteiger partial charge is 0.379 e. The molecule has 0 unspecified atom stereocenters. The van der Waals surface area contributed by atoms with E-state index in [1.54, 1.807) is 0 Å². The van der Waals surface area contributed by atoms with E-state index in [9.17, 15) is 5.26 Å². The lowest BCUT2D eigenvalue weighted by molar-refractivity contribution is 0.0589. The molecule has 6 nitrogen and oxygen atoms in total. The van der Waals surface area contributed by atoms with Crippen molar-refractivity contribution in [3.05, 3.63) is 17.5 Å². The Morgan fingerprint density at radius 1 is 1.09 bits per heavy atom. The molecule has 3 heterocycles. The first-order valence-electron chi connectivity index (χ1n) is 7.92. The van der Waals surface area contributed by atoms with E-state index in [4.69, 9.17) is 21.3 Å². The van der Waals surface area contributed by atoms with Gasteiger partial charge in [0.05, 0.1) is 26.4 Å². The summed E-state index contributed by atoms with van der Waals surface area (Å²) < 4.78 is 17.8. The van der Waals surface area contributed by atoms with Gasteiger partial charge in [-0.15, -0.1) is 0 Å². The Morgan fingerprint density at radius 2 is 1.57 bits per heavy atom. The number of nitrogens with zero attached hydrogens (tertiary/aromatic N) is 4. The van der Waals surface area contributed by atoms with Gasteiger partial charge in [0, 0.05) is 44.2 Å².